The van der Waals surface area contributed by atoms with Crippen LogP contribution in [0.3, 0.4) is 0 Å². The number of fused-ring (bicyclic) bond motifs is 1. The van der Waals surface area contributed by atoms with Crippen molar-refractivity contribution >= 4 is 22.3 Å². The lowest BCUT2D eigenvalue weighted by Crippen LogP contribution is -2.47. The molecule has 2 heterocycles. The van der Waals surface area contributed by atoms with Gasteiger partial charge < -0.3 is 9.64 Å². The van der Waals surface area contributed by atoms with Crippen molar-refractivity contribution in [1.29, 1.82) is 0 Å². The minimum absolute atomic E-state index is 0.0525. The Kier molecular flexibility index (Phi) is 5.38. The Hall–Kier alpha value is -2.25. The Bertz CT molecular complexity index is 801. The number of hydrogen-bond acceptors (Lipinski definition) is 6. The highest BCUT2D eigenvalue weighted by Crippen LogP contribution is 2.31. The molecule has 0 amide bonds. The van der Waals surface area contributed by atoms with Gasteiger partial charge in [-0.25, -0.2) is 4.98 Å². The Morgan fingerprint density at radius 3 is 2.69 bits per heavy atom. The van der Waals surface area contributed by atoms with Gasteiger partial charge in [0.2, 0.25) is 0 Å². The van der Waals surface area contributed by atoms with Crippen LogP contribution in [0.1, 0.15) is 19.5 Å². The Balaban J connectivity index is 1.83. The summed E-state index contributed by atoms with van der Waals surface area (Å²) in [6.07, 6.45) is 0.492. The highest BCUT2D eigenvalue weighted by molar-refractivity contribution is 5.97. The molecule has 1 fully saturated rings. The second kappa shape index (κ2) is 7.55. The van der Waals surface area contributed by atoms with Crippen LogP contribution in [0, 0.1) is 17.0 Å². The molecule has 7 heteroatoms. The van der Waals surface area contributed by atoms with E-state index in [2.05, 4.69) is 28.6 Å². The van der Waals surface area contributed by atoms with Crippen LogP contribution in [0.2, 0.25) is 0 Å². The zero-order valence-corrected chi connectivity index (χ0v) is 15.8. The smallest absolute Gasteiger partial charge is 0.295 e. The third-order valence-corrected chi connectivity index (χ3v) is 4.78. The fourth-order valence-corrected chi connectivity index (χ4v) is 3.68. The average molecular weight is 358 g/mol. The summed E-state index contributed by atoms with van der Waals surface area (Å²) in [4.78, 5) is 20.0. The van der Waals surface area contributed by atoms with Crippen LogP contribution in [0.15, 0.2) is 24.3 Å². The first kappa shape index (κ1) is 18.5. The fraction of sp³-hybridized carbons (Fsp3) is 0.526. The number of benzene rings is 1. The largest absolute Gasteiger partial charge is 0.373 e. The van der Waals surface area contributed by atoms with Gasteiger partial charge in [0.1, 0.15) is 0 Å². The number of ether oxygens (including phenoxy) is 1. The van der Waals surface area contributed by atoms with Crippen LogP contribution in [-0.4, -0.2) is 60.2 Å². The molecule has 7 nitrogen and oxygen atoms in total. The molecule has 26 heavy (non-hydrogen) atoms. The highest BCUT2D eigenvalue weighted by atomic mass is 16.6. The molecule has 2 atom stereocenters. The molecule has 0 aliphatic carbocycles. The number of para-hydroxylation sites is 1. The van der Waals surface area contributed by atoms with E-state index in [1.54, 1.807) is 6.07 Å². The molecular formula is C19H26N4O3. The van der Waals surface area contributed by atoms with Crippen molar-refractivity contribution in [1.82, 2.24) is 9.88 Å². The predicted molar refractivity (Wildman–Crippen MR) is 103 cm³/mol. The van der Waals surface area contributed by atoms with Crippen molar-refractivity contribution in [2.75, 3.05) is 38.1 Å². The molecule has 1 aliphatic heterocycles. The van der Waals surface area contributed by atoms with Gasteiger partial charge >= 0.3 is 0 Å². The number of non-ortho nitro benzene ring substituents is 1. The highest BCUT2D eigenvalue weighted by Gasteiger charge is 2.22. The summed E-state index contributed by atoms with van der Waals surface area (Å²) >= 11 is 0. The molecule has 0 radical (unpaired) electrons. The Morgan fingerprint density at radius 1 is 1.35 bits per heavy atom. The van der Waals surface area contributed by atoms with Gasteiger partial charge in [-0.3, -0.25) is 15.0 Å². The van der Waals surface area contributed by atoms with Crippen molar-refractivity contribution in [3.63, 3.8) is 0 Å². The first-order valence-corrected chi connectivity index (χ1v) is 8.99. The molecule has 0 bridgehead atoms. The van der Waals surface area contributed by atoms with Gasteiger partial charge in [-0.2, -0.15) is 0 Å². The summed E-state index contributed by atoms with van der Waals surface area (Å²) in [5, 5.41) is 12.2. The van der Waals surface area contributed by atoms with E-state index in [-0.39, 0.29) is 22.8 Å². The van der Waals surface area contributed by atoms with Crippen LogP contribution in [-0.2, 0) is 4.74 Å². The van der Waals surface area contributed by atoms with Crippen molar-refractivity contribution in [2.45, 2.75) is 33.0 Å². The molecule has 3 rings (SSSR count). The molecular weight excluding hydrogens is 332 g/mol. The lowest BCUT2D eigenvalue weighted by molar-refractivity contribution is -0.383. The van der Waals surface area contributed by atoms with Gasteiger partial charge in [-0.1, -0.05) is 12.1 Å². The minimum Gasteiger partial charge on any atom is -0.373 e. The molecule has 1 saturated heterocycles. The van der Waals surface area contributed by atoms with Crippen LogP contribution in [0.4, 0.5) is 11.4 Å². The van der Waals surface area contributed by atoms with E-state index in [0.29, 0.717) is 5.52 Å². The van der Waals surface area contributed by atoms with Crippen LogP contribution in [0.25, 0.3) is 10.9 Å². The van der Waals surface area contributed by atoms with E-state index in [0.717, 1.165) is 42.9 Å². The van der Waals surface area contributed by atoms with Crippen LogP contribution >= 0.6 is 0 Å². The Labute approximate surface area is 153 Å². The molecule has 0 saturated carbocycles. The first-order valence-electron chi connectivity index (χ1n) is 8.99. The minimum atomic E-state index is -0.366. The lowest BCUT2D eigenvalue weighted by atomic mass is 10.1. The maximum absolute atomic E-state index is 11.3. The summed E-state index contributed by atoms with van der Waals surface area (Å²) in [6.45, 7) is 9.70. The molecule has 1 aromatic carbocycles. The molecule has 140 valence electrons. The second-order valence-electron chi connectivity index (χ2n) is 7.15. The van der Waals surface area contributed by atoms with E-state index in [4.69, 9.17) is 4.74 Å². The van der Waals surface area contributed by atoms with E-state index < -0.39 is 0 Å². The second-order valence-corrected chi connectivity index (χ2v) is 7.15. The van der Waals surface area contributed by atoms with Gasteiger partial charge in [-0.15, -0.1) is 0 Å². The maximum Gasteiger partial charge on any atom is 0.295 e. The number of morpholine rings is 1. The summed E-state index contributed by atoms with van der Waals surface area (Å²) in [7, 11) is 2.03. The monoisotopic (exact) mass is 358 g/mol. The van der Waals surface area contributed by atoms with Crippen molar-refractivity contribution in [2.24, 2.45) is 0 Å². The summed E-state index contributed by atoms with van der Waals surface area (Å²) in [6, 6.07) is 7.13. The third kappa shape index (κ3) is 3.94. The topological polar surface area (TPSA) is 71.7 Å². The van der Waals surface area contributed by atoms with Crippen molar-refractivity contribution < 1.29 is 9.66 Å². The molecule has 1 aliphatic rings. The summed E-state index contributed by atoms with van der Waals surface area (Å²) in [5.41, 5.74) is 2.26. The van der Waals surface area contributed by atoms with E-state index in [9.17, 15) is 10.1 Å². The van der Waals surface area contributed by atoms with Crippen molar-refractivity contribution in [3.8, 4) is 0 Å². The Morgan fingerprint density at radius 2 is 2.04 bits per heavy atom. The zero-order chi connectivity index (χ0) is 18.8. The number of aromatic nitrogens is 1. The number of likely N-dealkylation sites (N-methyl/N-ethyl adjacent to an activating group) is 1. The maximum atomic E-state index is 11.3. The number of aryl methyl sites for hydroxylation is 1. The molecule has 2 aromatic rings. The summed E-state index contributed by atoms with van der Waals surface area (Å²) in [5.74, 6) is 0. The molecule has 0 spiro atoms. The molecule has 0 unspecified atom stereocenters. The normalized spacial score (nSPS) is 21.1. The van der Waals surface area contributed by atoms with Gasteiger partial charge in [0.15, 0.2) is 5.52 Å². The fourth-order valence-electron chi connectivity index (χ4n) is 3.68. The number of pyridine rings is 1. The number of hydrogen-bond donors (Lipinski definition) is 0. The average Bonchev–Trinajstić information content (AvgIpc) is 2.57. The van der Waals surface area contributed by atoms with Crippen molar-refractivity contribution in [3.05, 3.63) is 40.1 Å². The molecule has 0 N–H and O–H groups in total. The summed E-state index contributed by atoms with van der Waals surface area (Å²) < 4.78 is 5.79. The van der Waals surface area contributed by atoms with Gasteiger partial charge in [0.05, 0.1) is 17.1 Å². The van der Waals surface area contributed by atoms with E-state index in [1.165, 1.54) is 6.07 Å². The number of nitrogens with zero attached hydrogens (tertiary/aromatic N) is 4. The van der Waals surface area contributed by atoms with E-state index >= 15 is 0 Å². The SMILES string of the molecule is Cc1cc(N(C)CCN2C[C@@H](C)O[C@@H](C)C2)c2cccc([N+](=O)[O-])c2n1. The van der Waals surface area contributed by atoms with Gasteiger partial charge in [-0.05, 0) is 26.8 Å². The van der Waals surface area contributed by atoms with Crippen LogP contribution < -0.4 is 4.90 Å². The zero-order valence-electron chi connectivity index (χ0n) is 15.8. The quantitative estimate of drug-likeness (QED) is 0.604. The number of nitro groups is 1. The van der Waals surface area contributed by atoms with Gasteiger partial charge in [0.25, 0.3) is 5.69 Å². The first-order chi connectivity index (χ1) is 12.3. The number of rotatable bonds is 5. The van der Waals surface area contributed by atoms with E-state index in [1.807, 2.05) is 26.1 Å². The predicted octanol–water partition coefficient (Wildman–Crippen LogP) is 3.00. The number of nitro benzene ring substituents is 1. The third-order valence-electron chi connectivity index (χ3n) is 4.78. The standard InChI is InChI=1S/C19H26N4O3/c1-13-10-18(16-6-5-7-17(23(24)25)19(16)20-13)21(4)8-9-22-11-14(2)26-15(3)12-22/h5-7,10,14-15H,8-9,11-12H2,1-4H3/t14-,15+. The molecule has 1 aromatic heterocycles. The van der Waals surface area contributed by atoms with Crippen LogP contribution in [0.5, 0.6) is 0 Å². The number of anilines is 1. The van der Waals surface area contributed by atoms with Gasteiger partial charge in [0, 0.05) is 56.1 Å². The lowest BCUT2D eigenvalue weighted by Gasteiger charge is -2.36.